The normalized spacial score (nSPS) is 10.5. The standard InChI is InChI=1S/C19H21BrN2O3/c1-4-9-25-17-8-6-16(20)11-15(17)13-22-21-12-14-5-7-18(23-2)19(10-14)24-3/h4-8,10-11,13,21H,1,9,12H2,2-3H3/b22-13+. The van der Waals surface area contributed by atoms with E-state index in [-0.39, 0.29) is 0 Å². The molecule has 0 aliphatic rings. The largest absolute Gasteiger partial charge is 0.493 e. The van der Waals surface area contributed by atoms with Crippen LogP contribution in [0.4, 0.5) is 0 Å². The van der Waals surface area contributed by atoms with Gasteiger partial charge in [-0.15, -0.1) is 0 Å². The van der Waals surface area contributed by atoms with Crippen LogP contribution in [-0.2, 0) is 6.54 Å². The third kappa shape index (κ3) is 5.53. The first-order valence-corrected chi connectivity index (χ1v) is 8.47. The van der Waals surface area contributed by atoms with Crippen LogP contribution in [0.1, 0.15) is 11.1 Å². The fourth-order valence-corrected chi connectivity index (χ4v) is 2.52. The summed E-state index contributed by atoms with van der Waals surface area (Å²) in [5.41, 5.74) is 4.93. The topological polar surface area (TPSA) is 52.1 Å². The molecule has 2 aromatic rings. The van der Waals surface area contributed by atoms with E-state index in [1.165, 1.54) is 0 Å². The van der Waals surface area contributed by atoms with Crippen molar-refractivity contribution in [1.29, 1.82) is 0 Å². The Kier molecular flexibility index (Phi) is 7.35. The van der Waals surface area contributed by atoms with Crippen LogP contribution in [0, 0.1) is 0 Å². The molecule has 0 atom stereocenters. The molecule has 0 saturated carbocycles. The summed E-state index contributed by atoms with van der Waals surface area (Å²) >= 11 is 3.46. The van der Waals surface area contributed by atoms with Crippen molar-refractivity contribution in [1.82, 2.24) is 5.43 Å². The molecule has 2 aromatic carbocycles. The van der Waals surface area contributed by atoms with Crippen molar-refractivity contribution in [2.75, 3.05) is 20.8 Å². The summed E-state index contributed by atoms with van der Waals surface area (Å²) < 4.78 is 17.1. The van der Waals surface area contributed by atoms with E-state index < -0.39 is 0 Å². The number of nitrogens with zero attached hydrogens (tertiary/aromatic N) is 1. The molecule has 0 radical (unpaired) electrons. The van der Waals surface area contributed by atoms with E-state index in [9.17, 15) is 0 Å². The lowest BCUT2D eigenvalue weighted by Crippen LogP contribution is -2.06. The van der Waals surface area contributed by atoms with Gasteiger partial charge in [0.05, 0.1) is 27.0 Å². The molecule has 0 aromatic heterocycles. The smallest absolute Gasteiger partial charge is 0.161 e. The molecule has 2 rings (SSSR count). The van der Waals surface area contributed by atoms with E-state index in [2.05, 4.69) is 33.0 Å². The van der Waals surface area contributed by atoms with Crippen molar-refractivity contribution < 1.29 is 14.2 Å². The van der Waals surface area contributed by atoms with Gasteiger partial charge < -0.3 is 19.6 Å². The van der Waals surface area contributed by atoms with E-state index in [0.29, 0.717) is 24.7 Å². The van der Waals surface area contributed by atoms with Crippen molar-refractivity contribution >= 4 is 22.1 Å². The van der Waals surface area contributed by atoms with Crippen LogP contribution in [0.3, 0.4) is 0 Å². The highest BCUT2D eigenvalue weighted by molar-refractivity contribution is 9.10. The van der Waals surface area contributed by atoms with Crippen LogP contribution in [0.25, 0.3) is 0 Å². The second-order valence-corrected chi connectivity index (χ2v) is 5.98. The molecule has 0 saturated heterocycles. The van der Waals surface area contributed by atoms with Gasteiger partial charge in [0, 0.05) is 10.0 Å². The Morgan fingerprint density at radius 3 is 2.56 bits per heavy atom. The Bertz CT molecular complexity index is 747. The van der Waals surface area contributed by atoms with E-state index in [0.717, 1.165) is 21.3 Å². The Hall–Kier alpha value is -2.47. The molecule has 1 N–H and O–H groups in total. The van der Waals surface area contributed by atoms with Crippen LogP contribution in [-0.4, -0.2) is 27.0 Å². The van der Waals surface area contributed by atoms with Gasteiger partial charge in [-0.1, -0.05) is 34.7 Å². The molecular formula is C19H21BrN2O3. The molecule has 132 valence electrons. The quantitative estimate of drug-likeness (QED) is 0.387. The molecule has 0 bridgehead atoms. The van der Waals surface area contributed by atoms with Gasteiger partial charge in [0.25, 0.3) is 0 Å². The van der Waals surface area contributed by atoms with Gasteiger partial charge >= 0.3 is 0 Å². The van der Waals surface area contributed by atoms with E-state index >= 15 is 0 Å². The van der Waals surface area contributed by atoms with Crippen LogP contribution in [0.5, 0.6) is 17.2 Å². The Balaban J connectivity index is 2.01. The van der Waals surface area contributed by atoms with Gasteiger partial charge in [0.2, 0.25) is 0 Å². The van der Waals surface area contributed by atoms with Crippen molar-refractivity contribution in [3.05, 3.63) is 64.7 Å². The van der Waals surface area contributed by atoms with Crippen LogP contribution in [0.2, 0.25) is 0 Å². The summed E-state index contributed by atoms with van der Waals surface area (Å²) in [6.45, 7) is 4.67. The number of halogens is 1. The van der Waals surface area contributed by atoms with Gasteiger partial charge in [-0.3, -0.25) is 0 Å². The second kappa shape index (κ2) is 9.74. The summed E-state index contributed by atoms with van der Waals surface area (Å²) in [6, 6.07) is 11.5. The van der Waals surface area contributed by atoms with Crippen LogP contribution >= 0.6 is 15.9 Å². The molecule has 5 nitrogen and oxygen atoms in total. The molecule has 6 heteroatoms. The number of benzene rings is 2. The fourth-order valence-electron chi connectivity index (χ4n) is 2.14. The van der Waals surface area contributed by atoms with Gasteiger partial charge in [0.1, 0.15) is 12.4 Å². The van der Waals surface area contributed by atoms with Crippen LogP contribution < -0.4 is 19.6 Å². The first-order chi connectivity index (χ1) is 12.2. The van der Waals surface area contributed by atoms with E-state index in [4.69, 9.17) is 14.2 Å². The monoisotopic (exact) mass is 404 g/mol. The molecule has 0 unspecified atom stereocenters. The van der Waals surface area contributed by atoms with Crippen molar-refractivity contribution in [3.63, 3.8) is 0 Å². The Morgan fingerprint density at radius 2 is 1.84 bits per heavy atom. The lowest BCUT2D eigenvalue weighted by atomic mass is 10.2. The number of hydrazone groups is 1. The maximum absolute atomic E-state index is 5.62. The first kappa shape index (κ1) is 18.9. The molecule has 0 heterocycles. The minimum atomic E-state index is 0.446. The maximum atomic E-state index is 5.62. The second-order valence-electron chi connectivity index (χ2n) is 5.06. The summed E-state index contributed by atoms with van der Waals surface area (Å²) in [5, 5.41) is 4.27. The highest BCUT2D eigenvalue weighted by Gasteiger charge is 2.04. The fraction of sp³-hybridized carbons (Fsp3) is 0.211. The summed E-state index contributed by atoms with van der Waals surface area (Å²) in [5.74, 6) is 2.14. The number of nitrogens with one attached hydrogen (secondary N) is 1. The molecule has 0 aliphatic heterocycles. The Morgan fingerprint density at radius 1 is 1.08 bits per heavy atom. The average Bonchev–Trinajstić information content (AvgIpc) is 2.64. The lowest BCUT2D eigenvalue weighted by Gasteiger charge is -2.09. The van der Waals surface area contributed by atoms with Gasteiger partial charge in [0.15, 0.2) is 11.5 Å². The Labute approximate surface area is 156 Å². The van der Waals surface area contributed by atoms with Crippen molar-refractivity contribution in [3.8, 4) is 17.2 Å². The predicted octanol–water partition coefficient (Wildman–Crippen LogP) is 4.15. The zero-order chi connectivity index (χ0) is 18.1. The maximum Gasteiger partial charge on any atom is 0.161 e. The van der Waals surface area contributed by atoms with Crippen molar-refractivity contribution in [2.45, 2.75) is 6.54 Å². The molecular weight excluding hydrogens is 384 g/mol. The number of hydrogen-bond donors (Lipinski definition) is 1. The van der Waals surface area contributed by atoms with Gasteiger partial charge in [-0.05, 0) is 35.9 Å². The zero-order valence-corrected chi connectivity index (χ0v) is 15.9. The molecule has 25 heavy (non-hydrogen) atoms. The highest BCUT2D eigenvalue weighted by Crippen LogP contribution is 2.27. The van der Waals surface area contributed by atoms with Gasteiger partial charge in [-0.25, -0.2) is 0 Å². The zero-order valence-electron chi connectivity index (χ0n) is 14.3. The van der Waals surface area contributed by atoms with E-state index in [1.54, 1.807) is 26.5 Å². The molecule has 0 fully saturated rings. The van der Waals surface area contributed by atoms with E-state index in [1.807, 2.05) is 36.4 Å². The van der Waals surface area contributed by atoms with Crippen molar-refractivity contribution in [2.24, 2.45) is 5.10 Å². The number of ether oxygens (including phenoxy) is 3. The third-order valence-corrected chi connectivity index (χ3v) is 3.85. The minimum absolute atomic E-state index is 0.446. The molecule has 0 spiro atoms. The lowest BCUT2D eigenvalue weighted by molar-refractivity contribution is 0.354. The average molecular weight is 405 g/mol. The number of methoxy groups -OCH3 is 2. The summed E-state index contributed by atoms with van der Waals surface area (Å²) in [6.07, 6.45) is 3.43. The van der Waals surface area contributed by atoms with Gasteiger partial charge in [-0.2, -0.15) is 5.10 Å². The highest BCUT2D eigenvalue weighted by atomic mass is 79.9. The summed E-state index contributed by atoms with van der Waals surface area (Å²) in [4.78, 5) is 0. The first-order valence-electron chi connectivity index (χ1n) is 7.68. The third-order valence-electron chi connectivity index (χ3n) is 3.35. The molecule has 0 amide bonds. The van der Waals surface area contributed by atoms with Crippen LogP contribution in [0.15, 0.2) is 58.6 Å². The number of hydrogen-bond acceptors (Lipinski definition) is 5. The SMILES string of the molecule is C=CCOc1ccc(Br)cc1/C=N/NCc1ccc(OC)c(OC)c1. The summed E-state index contributed by atoms with van der Waals surface area (Å²) in [7, 11) is 3.23. The molecule has 0 aliphatic carbocycles. The minimum Gasteiger partial charge on any atom is -0.493 e. The number of rotatable bonds is 9. The predicted molar refractivity (Wildman–Crippen MR) is 104 cm³/mol.